The zero-order chi connectivity index (χ0) is 28.3. The van der Waals surface area contributed by atoms with Gasteiger partial charge >= 0.3 is 5.92 Å². The van der Waals surface area contributed by atoms with Crippen molar-refractivity contribution in [2.24, 2.45) is 5.92 Å². The maximum atomic E-state index is 15.5. The first kappa shape index (κ1) is 29.5. The van der Waals surface area contributed by atoms with Crippen LogP contribution in [0.5, 0.6) is 5.75 Å². The molecule has 218 valence electrons. The molecule has 2 atom stereocenters. The van der Waals surface area contributed by atoms with Gasteiger partial charge in [0, 0.05) is 49.6 Å². The highest BCUT2D eigenvalue weighted by Crippen LogP contribution is 2.38. The van der Waals surface area contributed by atoms with E-state index in [0.29, 0.717) is 54.8 Å². The van der Waals surface area contributed by atoms with E-state index in [1.807, 2.05) is 6.07 Å². The summed E-state index contributed by atoms with van der Waals surface area (Å²) in [4.78, 5) is 15.2. The molecule has 2 heterocycles. The van der Waals surface area contributed by atoms with Crippen LogP contribution in [0.15, 0.2) is 36.4 Å². The molecule has 3 aliphatic rings. The van der Waals surface area contributed by atoms with Crippen LogP contribution in [0.1, 0.15) is 42.4 Å². The van der Waals surface area contributed by atoms with Gasteiger partial charge < -0.3 is 24.8 Å². The number of carbonyl (C=O) groups is 1. The van der Waals surface area contributed by atoms with Gasteiger partial charge in [-0.3, -0.25) is 4.79 Å². The molecule has 6 nitrogen and oxygen atoms in total. The molecule has 5 rings (SSSR count). The zero-order valence-corrected chi connectivity index (χ0v) is 24.0. The molecule has 0 saturated carbocycles. The first-order valence-electron chi connectivity index (χ1n) is 14.0. The summed E-state index contributed by atoms with van der Waals surface area (Å²) in [5.74, 6) is -5.42. The zero-order valence-electron chi connectivity index (χ0n) is 22.4. The summed E-state index contributed by atoms with van der Waals surface area (Å²) in [7, 11) is 0. The van der Waals surface area contributed by atoms with E-state index in [1.54, 1.807) is 30.3 Å². The van der Waals surface area contributed by atoms with E-state index in [1.165, 1.54) is 0 Å². The average molecular weight is 598 g/mol. The summed E-state index contributed by atoms with van der Waals surface area (Å²) >= 11 is 12.6. The molecule has 1 aliphatic carbocycles. The van der Waals surface area contributed by atoms with Crippen LogP contribution < -0.4 is 10.1 Å². The van der Waals surface area contributed by atoms with Crippen molar-refractivity contribution in [2.45, 2.75) is 62.5 Å². The monoisotopic (exact) mass is 596 g/mol. The molecule has 2 unspecified atom stereocenters. The fraction of sp³-hybridized carbons (Fsp3) is 0.567. The van der Waals surface area contributed by atoms with Crippen molar-refractivity contribution in [3.05, 3.63) is 63.1 Å². The molecule has 0 bridgehead atoms. The number of hydrogen-bond acceptors (Lipinski definition) is 5. The lowest BCUT2D eigenvalue weighted by molar-refractivity contribution is -0.154. The third kappa shape index (κ3) is 7.08. The Bertz CT molecular complexity index is 1200. The Hall–Kier alpha value is -1.97. The van der Waals surface area contributed by atoms with Crippen molar-refractivity contribution < 1.29 is 28.2 Å². The van der Waals surface area contributed by atoms with Crippen molar-refractivity contribution in [1.29, 1.82) is 0 Å². The van der Waals surface area contributed by atoms with Crippen LogP contribution in [0, 0.1) is 5.92 Å². The lowest BCUT2D eigenvalue weighted by Crippen LogP contribution is -2.52. The van der Waals surface area contributed by atoms with Crippen LogP contribution in [0.2, 0.25) is 10.0 Å². The number of aliphatic hydroxyl groups is 1. The molecule has 2 saturated heterocycles. The fourth-order valence-corrected chi connectivity index (χ4v) is 6.38. The number of hydrogen-bond donors (Lipinski definition) is 2. The van der Waals surface area contributed by atoms with Gasteiger partial charge in [-0.15, -0.1) is 0 Å². The van der Waals surface area contributed by atoms with Crippen molar-refractivity contribution >= 4 is 29.1 Å². The molecule has 10 heteroatoms. The summed E-state index contributed by atoms with van der Waals surface area (Å²) < 4.78 is 42.1. The van der Waals surface area contributed by atoms with Gasteiger partial charge in [0.2, 0.25) is 0 Å². The van der Waals surface area contributed by atoms with Gasteiger partial charge in [0.05, 0.1) is 5.02 Å². The molecule has 2 N–H and O–H groups in total. The highest BCUT2D eigenvalue weighted by molar-refractivity contribution is 6.32. The second kappa shape index (κ2) is 12.5. The number of nitrogens with one attached hydrogen (secondary N) is 1. The Balaban J connectivity index is 1.24. The minimum absolute atomic E-state index is 0.107. The lowest BCUT2D eigenvalue weighted by atomic mass is 9.95. The Kier molecular flexibility index (Phi) is 9.22. The molecule has 2 fully saturated rings. The number of fused-ring (bicyclic) bond motifs is 1. The van der Waals surface area contributed by atoms with E-state index in [-0.39, 0.29) is 19.4 Å². The third-order valence-electron chi connectivity index (χ3n) is 8.33. The number of likely N-dealkylation sites (tertiary alicyclic amines) is 1. The van der Waals surface area contributed by atoms with Gasteiger partial charge in [-0.1, -0.05) is 35.3 Å². The summed E-state index contributed by atoms with van der Waals surface area (Å²) in [5.41, 5.74) is 1.44. The van der Waals surface area contributed by atoms with Gasteiger partial charge in [0.1, 0.15) is 18.0 Å². The van der Waals surface area contributed by atoms with Gasteiger partial charge in [-0.25, -0.2) is 0 Å². The standard InChI is InChI=1S/C30H36Cl2F2N2O4/c31-24-5-4-21-15-23(16-22(21)17-24)30(33,34)28(37)35-25(18-36-9-1-2-10-36)13-20-3-6-27(26(32)14-20)40-19-29(38)7-11-39-12-8-29/h3-6,14,17,23,25,38H,1-2,7-13,15-16,18-19H2,(H,35,37). The number of amides is 1. The van der Waals surface area contributed by atoms with E-state index < -0.39 is 29.4 Å². The Morgan fingerprint density at radius 2 is 1.85 bits per heavy atom. The minimum Gasteiger partial charge on any atom is -0.489 e. The molecular formula is C30H36Cl2F2N2O4. The molecule has 0 radical (unpaired) electrons. The summed E-state index contributed by atoms with van der Waals surface area (Å²) in [5, 5.41) is 14.2. The van der Waals surface area contributed by atoms with Crippen molar-refractivity contribution in [3.8, 4) is 5.75 Å². The second-order valence-electron chi connectivity index (χ2n) is 11.4. The van der Waals surface area contributed by atoms with Crippen LogP contribution in [0.4, 0.5) is 8.78 Å². The van der Waals surface area contributed by atoms with Gasteiger partial charge in [0.15, 0.2) is 0 Å². The Labute approximate surface area is 243 Å². The lowest BCUT2D eigenvalue weighted by Gasteiger charge is -2.31. The first-order chi connectivity index (χ1) is 19.1. The first-order valence-corrected chi connectivity index (χ1v) is 14.8. The number of benzene rings is 2. The van der Waals surface area contributed by atoms with E-state index in [4.69, 9.17) is 32.7 Å². The van der Waals surface area contributed by atoms with Crippen molar-refractivity contribution in [3.63, 3.8) is 0 Å². The minimum atomic E-state index is -3.52. The number of carbonyl (C=O) groups excluding carboxylic acids is 1. The smallest absolute Gasteiger partial charge is 0.327 e. The predicted molar refractivity (Wildman–Crippen MR) is 151 cm³/mol. The van der Waals surface area contributed by atoms with E-state index in [0.717, 1.165) is 42.6 Å². The van der Waals surface area contributed by atoms with Crippen molar-refractivity contribution in [1.82, 2.24) is 10.2 Å². The van der Waals surface area contributed by atoms with Gasteiger partial charge in [0.25, 0.3) is 5.91 Å². The highest BCUT2D eigenvalue weighted by atomic mass is 35.5. The second-order valence-corrected chi connectivity index (χ2v) is 12.3. The summed E-state index contributed by atoms with van der Waals surface area (Å²) in [6, 6.07) is 9.95. The molecule has 40 heavy (non-hydrogen) atoms. The number of alkyl halides is 2. The fourth-order valence-electron chi connectivity index (χ4n) is 5.93. The molecule has 1 amide bonds. The molecular weight excluding hydrogens is 561 g/mol. The maximum Gasteiger partial charge on any atom is 0.327 e. The van der Waals surface area contributed by atoms with Crippen LogP contribution in [0.3, 0.4) is 0 Å². The maximum absolute atomic E-state index is 15.5. The molecule has 2 aromatic rings. The summed E-state index contributed by atoms with van der Waals surface area (Å²) in [6.45, 7) is 3.31. The summed E-state index contributed by atoms with van der Waals surface area (Å²) in [6.07, 6.45) is 3.69. The quantitative estimate of drug-likeness (QED) is 0.400. The van der Waals surface area contributed by atoms with Crippen LogP contribution in [-0.4, -0.2) is 72.9 Å². The normalized spacial score (nSPS) is 21.7. The number of rotatable bonds is 10. The molecule has 2 aliphatic heterocycles. The molecule has 0 aromatic heterocycles. The van der Waals surface area contributed by atoms with E-state index in [2.05, 4.69) is 10.2 Å². The number of ether oxygens (including phenoxy) is 2. The number of nitrogens with zero attached hydrogens (tertiary/aromatic N) is 1. The largest absolute Gasteiger partial charge is 0.489 e. The highest BCUT2D eigenvalue weighted by Gasteiger charge is 2.49. The Morgan fingerprint density at radius 3 is 2.58 bits per heavy atom. The van der Waals surface area contributed by atoms with Crippen LogP contribution >= 0.6 is 23.2 Å². The average Bonchev–Trinajstić information content (AvgIpc) is 3.58. The molecule has 0 spiro atoms. The van der Waals surface area contributed by atoms with Crippen LogP contribution in [0.25, 0.3) is 0 Å². The predicted octanol–water partition coefficient (Wildman–Crippen LogP) is 5.09. The third-order valence-corrected chi connectivity index (χ3v) is 8.86. The topological polar surface area (TPSA) is 71.0 Å². The Morgan fingerprint density at radius 1 is 1.12 bits per heavy atom. The SMILES string of the molecule is O=C(NC(Cc1ccc(OCC2(O)CCOCC2)c(Cl)c1)CN1CCCC1)C(F)(F)C1Cc2ccc(Cl)cc2C1. The van der Waals surface area contributed by atoms with E-state index in [9.17, 15) is 9.90 Å². The van der Waals surface area contributed by atoms with Gasteiger partial charge in [-0.2, -0.15) is 8.78 Å². The van der Waals surface area contributed by atoms with E-state index >= 15 is 8.78 Å². The number of halogens is 4. The van der Waals surface area contributed by atoms with Crippen molar-refractivity contribution in [2.75, 3.05) is 39.5 Å². The van der Waals surface area contributed by atoms with Gasteiger partial charge in [-0.05, 0) is 86.1 Å². The molecule has 2 aromatic carbocycles. The van der Waals surface area contributed by atoms with Crippen LogP contribution in [-0.2, 0) is 28.8 Å².